The Balaban J connectivity index is 1.42. The van der Waals surface area contributed by atoms with Crippen molar-refractivity contribution < 1.29 is 0 Å². The summed E-state index contributed by atoms with van der Waals surface area (Å²) in [6, 6.07) is 0.760. The Kier molecular flexibility index (Phi) is 4.25. The molecule has 18 heavy (non-hydrogen) atoms. The van der Waals surface area contributed by atoms with Gasteiger partial charge in [-0.05, 0) is 63.5 Å². The van der Waals surface area contributed by atoms with Crippen molar-refractivity contribution in [3.8, 4) is 0 Å². The number of fused-ring (bicyclic) bond motifs is 2. The molecule has 0 radical (unpaired) electrons. The third-order valence-electron chi connectivity index (χ3n) is 5.63. The Labute approximate surface area is 113 Å². The molecule has 104 valence electrons. The van der Waals surface area contributed by atoms with Gasteiger partial charge in [0.15, 0.2) is 0 Å². The summed E-state index contributed by atoms with van der Waals surface area (Å²) < 4.78 is 0. The van der Waals surface area contributed by atoms with Crippen LogP contribution in [0.1, 0.15) is 51.4 Å². The Hall–Kier alpha value is -0.0800. The molecular formula is C16H30N2. The Morgan fingerprint density at radius 3 is 2.72 bits per heavy atom. The molecule has 3 rings (SSSR count). The van der Waals surface area contributed by atoms with E-state index in [1.807, 2.05) is 0 Å². The van der Waals surface area contributed by atoms with Crippen molar-refractivity contribution in [2.24, 2.45) is 17.8 Å². The molecule has 2 aliphatic carbocycles. The summed E-state index contributed by atoms with van der Waals surface area (Å²) in [5, 5.41) is 3.73. The number of nitrogens with zero attached hydrogens (tertiary/aromatic N) is 1. The van der Waals surface area contributed by atoms with E-state index in [-0.39, 0.29) is 0 Å². The number of hydrogen-bond acceptors (Lipinski definition) is 2. The largest absolute Gasteiger partial charge is 0.313 e. The van der Waals surface area contributed by atoms with Crippen molar-refractivity contribution in [1.82, 2.24) is 10.2 Å². The van der Waals surface area contributed by atoms with E-state index < -0.39 is 0 Å². The molecule has 4 unspecified atom stereocenters. The maximum atomic E-state index is 3.73. The number of rotatable bonds is 4. The molecular weight excluding hydrogens is 220 g/mol. The van der Waals surface area contributed by atoms with Crippen LogP contribution in [0.25, 0.3) is 0 Å². The summed E-state index contributed by atoms with van der Waals surface area (Å²) in [4.78, 5) is 2.62. The first-order valence-corrected chi connectivity index (χ1v) is 8.23. The summed E-state index contributed by atoms with van der Waals surface area (Å²) in [6.45, 7) is 3.87. The maximum Gasteiger partial charge on any atom is 0.0194 e. The summed E-state index contributed by atoms with van der Waals surface area (Å²) in [5.41, 5.74) is 0. The van der Waals surface area contributed by atoms with Gasteiger partial charge in [0.05, 0.1) is 0 Å². The lowest BCUT2D eigenvalue weighted by Gasteiger charge is -2.29. The summed E-state index contributed by atoms with van der Waals surface area (Å²) in [7, 11) is 2.35. The van der Waals surface area contributed by atoms with Crippen LogP contribution in [0.3, 0.4) is 0 Å². The van der Waals surface area contributed by atoms with E-state index >= 15 is 0 Å². The molecule has 3 fully saturated rings. The lowest BCUT2D eigenvalue weighted by molar-refractivity contribution is 0.202. The van der Waals surface area contributed by atoms with Gasteiger partial charge in [-0.25, -0.2) is 0 Å². The maximum absolute atomic E-state index is 3.73. The van der Waals surface area contributed by atoms with Crippen LogP contribution in [0.2, 0.25) is 0 Å². The molecule has 2 heteroatoms. The standard InChI is InChI=1S/C16H30N2/c1-18(12-16-5-3-2-4-8-17-16)11-15-10-13-6-7-14(15)9-13/h13-17H,2-12H2,1H3. The molecule has 0 spiro atoms. The summed E-state index contributed by atoms with van der Waals surface area (Å²) >= 11 is 0. The van der Waals surface area contributed by atoms with Gasteiger partial charge in [-0.2, -0.15) is 0 Å². The van der Waals surface area contributed by atoms with E-state index in [1.54, 1.807) is 6.42 Å². The predicted octanol–water partition coefficient (Wildman–Crippen LogP) is 2.89. The molecule has 0 aromatic carbocycles. The lowest BCUT2D eigenvalue weighted by atomic mass is 9.88. The minimum Gasteiger partial charge on any atom is -0.313 e. The van der Waals surface area contributed by atoms with E-state index in [2.05, 4.69) is 17.3 Å². The van der Waals surface area contributed by atoms with Crippen molar-refractivity contribution in [2.75, 3.05) is 26.7 Å². The van der Waals surface area contributed by atoms with Gasteiger partial charge in [-0.15, -0.1) is 0 Å². The molecule has 4 atom stereocenters. The monoisotopic (exact) mass is 250 g/mol. The van der Waals surface area contributed by atoms with E-state index in [9.17, 15) is 0 Å². The fourth-order valence-corrected chi connectivity index (χ4v) is 4.71. The van der Waals surface area contributed by atoms with Crippen molar-refractivity contribution in [2.45, 2.75) is 57.4 Å². The van der Waals surface area contributed by atoms with Gasteiger partial charge in [-0.1, -0.05) is 19.3 Å². The fourth-order valence-electron chi connectivity index (χ4n) is 4.71. The van der Waals surface area contributed by atoms with Crippen LogP contribution in [0.5, 0.6) is 0 Å². The third-order valence-corrected chi connectivity index (χ3v) is 5.63. The Morgan fingerprint density at radius 1 is 1.00 bits per heavy atom. The Morgan fingerprint density at radius 2 is 1.94 bits per heavy atom. The van der Waals surface area contributed by atoms with Gasteiger partial charge in [0, 0.05) is 19.1 Å². The number of nitrogens with one attached hydrogen (secondary N) is 1. The SMILES string of the molecule is CN(CC1CCCCCN1)CC1CC2CCC1C2. The first kappa shape index (κ1) is 12.9. The average Bonchev–Trinajstić information content (AvgIpc) is 2.86. The van der Waals surface area contributed by atoms with Gasteiger partial charge in [0.1, 0.15) is 0 Å². The normalized spacial score (nSPS) is 40.3. The molecule has 2 bridgehead atoms. The van der Waals surface area contributed by atoms with Crippen molar-refractivity contribution in [1.29, 1.82) is 0 Å². The molecule has 0 amide bonds. The van der Waals surface area contributed by atoms with Gasteiger partial charge in [0.2, 0.25) is 0 Å². The Bertz CT molecular complexity index is 258. The van der Waals surface area contributed by atoms with Crippen molar-refractivity contribution >= 4 is 0 Å². The second-order valence-corrected chi connectivity index (χ2v) is 7.16. The van der Waals surface area contributed by atoms with E-state index in [1.165, 1.54) is 64.6 Å². The molecule has 1 saturated heterocycles. The third kappa shape index (κ3) is 3.08. The number of hydrogen-bond donors (Lipinski definition) is 1. The lowest BCUT2D eigenvalue weighted by Crippen LogP contribution is -2.41. The van der Waals surface area contributed by atoms with Gasteiger partial charge in [-0.3, -0.25) is 0 Å². The van der Waals surface area contributed by atoms with Gasteiger partial charge in [0.25, 0.3) is 0 Å². The molecule has 3 aliphatic rings. The quantitative estimate of drug-likeness (QED) is 0.825. The van der Waals surface area contributed by atoms with Crippen LogP contribution in [0, 0.1) is 17.8 Å². The summed E-state index contributed by atoms with van der Waals surface area (Å²) in [5.74, 6) is 3.21. The van der Waals surface area contributed by atoms with Crippen LogP contribution in [-0.4, -0.2) is 37.6 Å². The molecule has 1 aliphatic heterocycles. The van der Waals surface area contributed by atoms with Crippen LogP contribution in [0.15, 0.2) is 0 Å². The second-order valence-electron chi connectivity index (χ2n) is 7.16. The minimum absolute atomic E-state index is 0.760. The van der Waals surface area contributed by atoms with E-state index in [0.29, 0.717) is 0 Å². The van der Waals surface area contributed by atoms with Crippen LogP contribution in [-0.2, 0) is 0 Å². The first-order chi connectivity index (χ1) is 8.81. The van der Waals surface area contributed by atoms with Gasteiger partial charge >= 0.3 is 0 Å². The minimum atomic E-state index is 0.760. The highest BCUT2D eigenvalue weighted by Gasteiger charge is 2.39. The fraction of sp³-hybridized carbons (Fsp3) is 1.00. The van der Waals surface area contributed by atoms with Crippen LogP contribution >= 0.6 is 0 Å². The molecule has 1 heterocycles. The second kappa shape index (κ2) is 5.92. The van der Waals surface area contributed by atoms with Gasteiger partial charge < -0.3 is 10.2 Å². The topological polar surface area (TPSA) is 15.3 Å². The zero-order chi connectivity index (χ0) is 12.4. The predicted molar refractivity (Wildman–Crippen MR) is 76.7 cm³/mol. The van der Waals surface area contributed by atoms with Crippen LogP contribution < -0.4 is 5.32 Å². The molecule has 2 saturated carbocycles. The molecule has 1 N–H and O–H groups in total. The molecule has 0 aromatic heterocycles. The van der Waals surface area contributed by atoms with E-state index in [0.717, 1.165) is 23.8 Å². The van der Waals surface area contributed by atoms with Crippen molar-refractivity contribution in [3.05, 3.63) is 0 Å². The number of likely N-dealkylation sites (N-methyl/N-ethyl adjacent to an activating group) is 1. The highest BCUT2D eigenvalue weighted by Crippen LogP contribution is 2.48. The highest BCUT2D eigenvalue weighted by molar-refractivity contribution is 4.91. The summed E-state index contributed by atoms with van der Waals surface area (Å²) in [6.07, 6.45) is 11.8. The molecule has 2 nitrogen and oxygen atoms in total. The smallest absolute Gasteiger partial charge is 0.0194 e. The highest BCUT2D eigenvalue weighted by atomic mass is 15.1. The first-order valence-electron chi connectivity index (χ1n) is 8.23. The zero-order valence-corrected chi connectivity index (χ0v) is 12.0. The van der Waals surface area contributed by atoms with E-state index in [4.69, 9.17) is 0 Å². The van der Waals surface area contributed by atoms with Crippen molar-refractivity contribution in [3.63, 3.8) is 0 Å². The molecule has 0 aromatic rings. The van der Waals surface area contributed by atoms with Crippen LogP contribution in [0.4, 0.5) is 0 Å². The average molecular weight is 250 g/mol. The zero-order valence-electron chi connectivity index (χ0n) is 12.0.